The smallest absolute Gasteiger partial charge is 0.338 e. The number of esters is 1. The van der Waals surface area contributed by atoms with Crippen molar-refractivity contribution in [3.63, 3.8) is 0 Å². The number of amides is 1. The number of fused-ring (bicyclic) bond motifs is 1. The van der Waals surface area contributed by atoms with E-state index in [0.717, 1.165) is 41.6 Å². The van der Waals surface area contributed by atoms with Crippen LogP contribution in [0.25, 0.3) is 0 Å². The van der Waals surface area contributed by atoms with E-state index >= 15 is 0 Å². The zero-order chi connectivity index (χ0) is 22.5. The molecule has 1 aromatic rings. The molecule has 1 N–H and O–H groups in total. The third kappa shape index (κ3) is 5.20. The molecule has 0 radical (unpaired) electrons. The maximum Gasteiger partial charge on any atom is 0.338 e. The van der Waals surface area contributed by atoms with Crippen molar-refractivity contribution in [2.45, 2.75) is 64.8 Å². The first-order valence-corrected chi connectivity index (χ1v) is 12.8. The highest BCUT2D eigenvalue weighted by Crippen LogP contribution is 2.40. The predicted molar refractivity (Wildman–Crippen MR) is 130 cm³/mol. The maximum atomic E-state index is 12.9. The number of nitrogens with zero attached hydrogens (tertiary/aromatic N) is 2. The Morgan fingerprint density at radius 2 is 2.06 bits per heavy atom. The number of amidine groups is 1. The SMILES string of the molecule is CCOC(=O)C1=C(C)N=C2SCCCN2C1c1cccc(NC(=O)CCC2CCCC2)c1. The number of allylic oxidation sites excluding steroid dienone is 1. The Morgan fingerprint density at radius 1 is 1.25 bits per heavy atom. The number of carbonyl (C=O) groups excluding carboxylic acids is 2. The Bertz CT molecular complexity index is 921. The van der Waals surface area contributed by atoms with Gasteiger partial charge in [0, 0.05) is 24.4 Å². The first-order valence-electron chi connectivity index (χ1n) is 11.8. The maximum absolute atomic E-state index is 12.9. The van der Waals surface area contributed by atoms with Crippen LogP contribution in [0.15, 0.2) is 40.5 Å². The summed E-state index contributed by atoms with van der Waals surface area (Å²) in [4.78, 5) is 32.4. The normalized spacial score (nSPS) is 21.2. The number of anilines is 1. The third-order valence-electron chi connectivity index (χ3n) is 6.49. The molecule has 1 aliphatic carbocycles. The lowest BCUT2D eigenvalue weighted by atomic mass is 9.94. The van der Waals surface area contributed by atoms with Crippen molar-refractivity contribution in [1.29, 1.82) is 0 Å². The molecular formula is C25H33N3O3S. The molecular weight excluding hydrogens is 422 g/mol. The average molecular weight is 456 g/mol. The number of aliphatic imine (C=N–C) groups is 1. The Balaban J connectivity index is 1.55. The van der Waals surface area contributed by atoms with Crippen LogP contribution in [-0.2, 0) is 14.3 Å². The Labute approximate surface area is 194 Å². The number of hydrogen-bond acceptors (Lipinski definition) is 6. The molecule has 6 nitrogen and oxygen atoms in total. The van der Waals surface area contributed by atoms with Crippen LogP contribution in [0.1, 0.15) is 70.4 Å². The topological polar surface area (TPSA) is 71.0 Å². The summed E-state index contributed by atoms with van der Waals surface area (Å²) in [5.41, 5.74) is 3.03. The highest BCUT2D eigenvalue weighted by molar-refractivity contribution is 8.13. The summed E-state index contributed by atoms with van der Waals surface area (Å²) < 4.78 is 5.39. The molecule has 2 fully saturated rings. The molecule has 1 saturated heterocycles. The second kappa shape index (κ2) is 10.6. The van der Waals surface area contributed by atoms with Crippen LogP contribution in [0.2, 0.25) is 0 Å². The van der Waals surface area contributed by atoms with Crippen molar-refractivity contribution in [1.82, 2.24) is 4.90 Å². The van der Waals surface area contributed by atoms with Crippen molar-refractivity contribution in [3.8, 4) is 0 Å². The molecule has 172 valence electrons. The van der Waals surface area contributed by atoms with Crippen LogP contribution < -0.4 is 5.32 Å². The minimum atomic E-state index is -0.320. The van der Waals surface area contributed by atoms with Crippen molar-refractivity contribution in [3.05, 3.63) is 41.1 Å². The van der Waals surface area contributed by atoms with E-state index in [1.807, 2.05) is 38.1 Å². The van der Waals surface area contributed by atoms with Crippen molar-refractivity contribution in [2.75, 3.05) is 24.2 Å². The molecule has 0 bridgehead atoms. The number of ether oxygens (including phenoxy) is 1. The van der Waals surface area contributed by atoms with Gasteiger partial charge in [0.05, 0.1) is 23.9 Å². The van der Waals surface area contributed by atoms with E-state index in [4.69, 9.17) is 9.73 Å². The van der Waals surface area contributed by atoms with Crippen LogP contribution in [-0.4, -0.2) is 40.8 Å². The zero-order valence-electron chi connectivity index (χ0n) is 19.1. The molecule has 1 unspecified atom stereocenters. The van der Waals surface area contributed by atoms with Gasteiger partial charge < -0.3 is 15.0 Å². The van der Waals surface area contributed by atoms with Gasteiger partial charge in [0.1, 0.15) is 0 Å². The van der Waals surface area contributed by atoms with Gasteiger partial charge in [-0.05, 0) is 50.3 Å². The first kappa shape index (κ1) is 22.9. The largest absolute Gasteiger partial charge is 0.463 e. The van der Waals surface area contributed by atoms with Crippen LogP contribution in [0, 0.1) is 5.92 Å². The summed E-state index contributed by atoms with van der Waals surface area (Å²) in [6.07, 6.45) is 7.66. The van der Waals surface area contributed by atoms with Gasteiger partial charge in [-0.15, -0.1) is 0 Å². The molecule has 0 aromatic heterocycles. The lowest BCUT2D eigenvalue weighted by Gasteiger charge is -2.40. The van der Waals surface area contributed by atoms with Crippen LogP contribution in [0.4, 0.5) is 5.69 Å². The summed E-state index contributed by atoms with van der Waals surface area (Å²) in [7, 11) is 0. The molecule has 1 aromatic carbocycles. The number of nitrogens with one attached hydrogen (secondary N) is 1. The van der Waals surface area contributed by atoms with E-state index in [2.05, 4.69) is 10.2 Å². The molecule has 2 aliphatic heterocycles. The molecule has 32 heavy (non-hydrogen) atoms. The number of hydrogen-bond donors (Lipinski definition) is 1. The average Bonchev–Trinajstić information content (AvgIpc) is 3.31. The number of benzene rings is 1. The molecule has 3 aliphatic rings. The monoisotopic (exact) mass is 455 g/mol. The fourth-order valence-corrected chi connectivity index (χ4v) is 5.95. The van der Waals surface area contributed by atoms with Crippen LogP contribution >= 0.6 is 11.8 Å². The lowest BCUT2D eigenvalue weighted by molar-refractivity contribution is -0.139. The van der Waals surface area contributed by atoms with Crippen LogP contribution in [0.3, 0.4) is 0 Å². The van der Waals surface area contributed by atoms with Gasteiger partial charge in [0.25, 0.3) is 0 Å². The van der Waals surface area contributed by atoms with Gasteiger partial charge in [-0.25, -0.2) is 9.79 Å². The molecule has 1 atom stereocenters. The molecule has 1 saturated carbocycles. The van der Waals surface area contributed by atoms with Crippen molar-refractivity contribution < 1.29 is 14.3 Å². The summed E-state index contributed by atoms with van der Waals surface area (Å²) in [6.45, 7) is 4.86. The summed E-state index contributed by atoms with van der Waals surface area (Å²) in [5.74, 6) is 1.47. The van der Waals surface area contributed by atoms with Gasteiger partial charge >= 0.3 is 5.97 Å². The number of thioether (sulfide) groups is 1. The number of carbonyl (C=O) groups is 2. The van der Waals surface area contributed by atoms with E-state index in [-0.39, 0.29) is 17.9 Å². The zero-order valence-corrected chi connectivity index (χ0v) is 19.9. The standard InChI is InChI=1S/C25H33N3O3S/c1-3-31-24(30)22-17(2)26-25-28(14-7-15-32-25)23(22)19-10-6-11-20(16-19)27-21(29)13-12-18-8-4-5-9-18/h6,10-11,16,18,23H,3-5,7-9,12-15H2,1-2H3,(H,27,29). The second-order valence-corrected chi connectivity index (χ2v) is 9.84. The highest BCUT2D eigenvalue weighted by Gasteiger charge is 2.38. The van der Waals surface area contributed by atoms with E-state index in [1.54, 1.807) is 11.8 Å². The van der Waals surface area contributed by atoms with E-state index in [1.165, 1.54) is 25.7 Å². The van der Waals surface area contributed by atoms with Gasteiger partial charge in [0.15, 0.2) is 5.17 Å². The Hall–Kier alpha value is -2.28. The molecule has 7 heteroatoms. The molecule has 1 amide bonds. The van der Waals surface area contributed by atoms with Gasteiger partial charge in [-0.1, -0.05) is 49.6 Å². The fourth-order valence-electron chi connectivity index (χ4n) is 4.93. The molecule has 2 heterocycles. The van der Waals surface area contributed by atoms with Crippen LogP contribution in [0.5, 0.6) is 0 Å². The van der Waals surface area contributed by atoms with Crippen molar-refractivity contribution in [2.24, 2.45) is 10.9 Å². The van der Waals surface area contributed by atoms with Crippen molar-refractivity contribution >= 4 is 34.5 Å². The minimum Gasteiger partial charge on any atom is -0.463 e. The lowest BCUT2D eigenvalue weighted by Crippen LogP contribution is -2.42. The van der Waals surface area contributed by atoms with Gasteiger partial charge in [0.2, 0.25) is 5.91 Å². The summed E-state index contributed by atoms with van der Waals surface area (Å²) in [6, 6.07) is 7.62. The molecule has 0 spiro atoms. The second-order valence-electron chi connectivity index (χ2n) is 8.77. The Kier molecular flexibility index (Phi) is 7.55. The third-order valence-corrected chi connectivity index (χ3v) is 7.57. The predicted octanol–water partition coefficient (Wildman–Crippen LogP) is 5.28. The highest BCUT2D eigenvalue weighted by atomic mass is 32.2. The van der Waals surface area contributed by atoms with Gasteiger partial charge in [-0.2, -0.15) is 0 Å². The number of rotatable bonds is 7. The quantitative estimate of drug-likeness (QED) is 0.566. The van der Waals surface area contributed by atoms with E-state index < -0.39 is 0 Å². The fraction of sp³-hybridized carbons (Fsp3) is 0.560. The first-order chi connectivity index (χ1) is 15.6. The summed E-state index contributed by atoms with van der Waals surface area (Å²) >= 11 is 1.73. The Morgan fingerprint density at radius 3 is 2.84 bits per heavy atom. The molecule has 4 rings (SSSR count). The van der Waals surface area contributed by atoms with Gasteiger partial charge in [-0.3, -0.25) is 4.79 Å². The van der Waals surface area contributed by atoms with E-state index in [9.17, 15) is 9.59 Å². The minimum absolute atomic E-state index is 0.0609. The van der Waals surface area contributed by atoms with E-state index in [0.29, 0.717) is 30.2 Å². The summed E-state index contributed by atoms with van der Waals surface area (Å²) in [5, 5.41) is 4.03.